The van der Waals surface area contributed by atoms with Gasteiger partial charge in [0.15, 0.2) is 0 Å². The van der Waals surface area contributed by atoms with Crippen LogP contribution in [-0.4, -0.2) is 10.2 Å². The zero-order valence-corrected chi connectivity index (χ0v) is 12.2. The van der Waals surface area contributed by atoms with Crippen molar-refractivity contribution in [2.24, 2.45) is 0 Å². The highest BCUT2D eigenvalue weighted by atomic mass is 16.3. The van der Waals surface area contributed by atoms with Gasteiger partial charge in [0.1, 0.15) is 11.5 Å². The van der Waals surface area contributed by atoms with Crippen LogP contribution in [0.4, 0.5) is 0 Å². The van der Waals surface area contributed by atoms with Crippen molar-refractivity contribution in [3.05, 3.63) is 103 Å². The van der Waals surface area contributed by atoms with Crippen molar-refractivity contribution in [1.82, 2.24) is 0 Å². The highest BCUT2D eigenvalue weighted by molar-refractivity contribution is 5.77. The third-order valence-corrected chi connectivity index (χ3v) is 3.07. The van der Waals surface area contributed by atoms with E-state index in [1.807, 2.05) is 36.4 Å². The van der Waals surface area contributed by atoms with Crippen LogP contribution in [-0.2, 0) is 0 Å². The smallest absolute Gasteiger partial charge is 0.119 e. The molecule has 0 spiro atoms. The van der Waals surface area contributed by atoms with Gasteiger partial charge in [-0.25, -0.2) is 0 Å². The summed E-state index contributed by atoms with van der Waals surface area (Å²) in [5.74, 6) is 0.176. The van der Waals surface area contributed by atoms with Crippen molar-refractivity contribution < 1.29 is 10.2 Å². The fourth-order valence-electron chi connectivity index (χ4n) is 1.94. The fourth-order valence-corrected chi connectivity index (χ4v) is 1.94. The summed E-state index contributed by atoms with van der Waals surface area (Å²) < 4.78 is 0. The van der Waals surface area contributed by atoms with E-state index in [-0.39, 0.29) is 11.5 Å². The highest BCUT2D eigenvalue weighted by Crippen LogP contribution is 2.20. The minimum absolute atomic E-state index is 0.0880. The second-order valence-corrected chi connectivity index (χ2v) is 4.73. The highest BCUT2D eigenvalue weighted by Gasteiger charge is 1.99. The van der Waals surface area contributed by atoms with Crippen LogP contribution in [0.1, 0.15) is 11.1 Å². The molecule has 0 saturated carbocycles. The molecule has 3 aromatic carbocycles. The summed E-state index contributed by atoms with van der Waals surface area (Å²) in [5.41, 5.74) is 3.43. The van der Waals surface area contributed by atoms with E-state index in [0.29, 0.717) is 0 Å². The Kier molecular flexibility index (Phi) is 5.38. The molecule has 0 heterocycles. The summed E-state index contributed by atoms with van der Waals surface area (Å²) >= 11 is 0. The number of phenols is 2. The second kappa shape index (κ2) is 7.70. The first-order valence-electron chi connectivity index (χ1n) is 6.94. The molecular weight excluding hydrogens is 272 g/mol. The molecule has 0 atom stereocenters. The van der Waals surface area contributed by atoms with Crippen LogP contribution in [0, 0.1) is 0 Å². The third-order valence-electron chi connectivity index (χ3n) is 3.07. The van der Waals surface area contributed by atoms with Crippen LogP contribution in [0.5, 0.6) is 11.5 Å². The lowest BCUT2D eigenvalue weighted by molar-refractivity contribution is 0.450. The molecule has 0 fully saturated rings. The molecule has 3 rings (SSSR count). The Labute approximate surface area is 130 Å². The second-order valence-electron chi connectivity index (χ2n) is 4.73. The van der Waals surface area contributed by atoms with Gasteiger partial charge in [-0.05, 0) is 28.8 Å². The van der Waals surface area contributed by atoms with Gasteiger partial charge in [-0.15, -0.1) is 0 Å². The van der Waals surface area contributed by atoms with Gasteiger partial charge in [0.25, 0.3) is 0 Å². The van der Waals surface area contributed by atoms with Gasteiger partial charge in [0.05, 0.1) is 0 Å². The summed E-state index contributed by atoms with van der Waals surface area (Å²) in [4.78, 5) is 0. The third kappa shape index (κ3) is 4.53. The van der Waals surface area contributed by atoms with Gasteiger partial charge in [0, 0.05) is 6.07 Å². The van der Waals surface area contributed by atoms with Crippen LogP contribution in [0.25, 0.3) is 5.57 Å². The van der Waals surface area contributed by atoms with Crippen LogP contribution >= 0.6 is 0 Å². The molecule has 0 aliphatic carbocycles. The first kappa shape index (κ1) is 15.4. The molecule has 0 aliphatic rings. The van der Waals surface area contributed by atoms with Gasteiger partial charge in [0.2, 0.25) is 0 Å². The van der Waals surface area contributed by atoms with Crippen molar-refractivity contribution in [2.45, 2.75) is 0 Å². The predicted octanol–water partition coefficient (Wildman–Crippen LogP) is 4.85. The average molecular weight is 290 g/mol. The predicted molar refractivity (Wildman–Crippen MR) is 90.8 cm³/mol. The molecule has 22 heavy (non-hydrogen) atoms. The van der Waals surface area contributed by atoms with Gasteiger partial charge in [-0.2, -0.15) is 0 Å². The van der Waals surface area contributed by atoms with E-state index < -0.39 is 0 Å². The van der Waals surface area contributed by atoms with Crippen LogP contribution in [0.3, 0.4) is 0 Å². The standard InChI is InChI=1S/C14H12.C6H6O2/c1-12(13-8-4-2-5-9-13)14-10-6-3-7-11-14;7-5-2-1-3-6(8)4-5/h2-11H,1H2;1-4,7-8H. The average Bonchev–Trinajstić information content (AvgIpc) is 2.56. The van der Waals surface area contributed by atoms with E-state index in [4.69, 9.17) is 10.2 Å². The summed E-state index contributed by atoms with van der Waals surface area (Å²) in [6.07, 6.45) is 0. The molecular formula is C20H18O2. The maximum absolute atomic E-state index is 8.65. The Morgan fingerprint density at radius 3 is 1.32 bits per heavy atom. The molecule has 2 N–H and O–H groups in total. The Hall–Kier alpha value is -3.00. The molecule has 0 unspecified atom stereocenters. The molecule has 3 aromatic rings. The van der Waals surface area contributed by atoms with Crippen molar-refractivity contribution in [2.75, 3.05) is 0 Å². The number of hydrogen-bond donors (Lipinski definition) is 2. The Balaban J connectivity index is 0.000000188. The van der Waals surface area contributed by atoms with Crippen molar-refractivity contribution in [3.63, 3.8) is 0 Å². The quantitative estimate of drug-likeness (QED) is 0.708. The summed E-state index contributed by atoms with van der Waals surface area (Å²) in [6, 6.07) is 26.3. The maximum Gasteiger partial charge on any atom is 0.119 e. The van der Waals surface area contributed by atoms with E-state index in [2.05, 4.69) is 30.8 Å². The molecule has 0 amide bonds. The molecule has 0 aromatic heterocycles. The van der Waals surface area contributed by atoms with E-state index >= 15 is 0 Å². The topological polar surface area (TPSA) is 40.5 Å². The number of aromatic hydroxyl groups is 2. The first-order chi connectivity index (χ1) is 10.7. The zero-order valence-electron chi connectivity index (χ0n) is 12.2. The van der Waals surface area contributed by atoms with E-state index in [1.165, 1.54) is 29.3 Å². The monoisotopic (exact) mass is 290 g/mol. The summed E-state index contributed by atoms with van der Waals surface area (Å²) in [5, 5.41) is 17.3. The van der Waals surface area contributed by atoms with Crippen molar-refractivity contribution >= 4 is 5.57 Å². The van der Waals surface area contributed by atoms with Crippen LogP contribution in [0.15, 0.2) is 91.5 Å². The molecule has 0 bridgehead atoms. The lowest BCUT2D eigenvalue weighted by Gasteiger charge is -2.04. The fraction of sp³-hybridized carbons (Fsp3) is 0. The number of hydrogen-bond acceptors (Lipinski definition) is 2. The Morgan fingerprint density at radius 1 is 0.591 bits per heavy atom. The van der Waals surface area contributed by atoms with E-state index in [9.17, 15) is 0 Å². The lowest BCUT2D eigenvalue weighted by Crippen LogP contribution is -1.84. The zero-order chi connectivity index (χ0) is 15.8. The van der Waals surface area contributed by atoms with Gasteiger partial charge in [-0.3, -0.25) is 0 Å². The van der Waals surface area contributed by atoms with Gasteiger partial charge < -0.3 is 10.2 Å². The SMILES string of the molecule is C=C(c1ccccc1)c1ccccc1.Oc1cccc(O)c1. The Morgan fingerprint density at radius 2 is 1.00 bits per heavy atom. The maximum atomic E-state index is 8.65. The first-order valence-corrected chi connectivity index (χ1v) is 6.94. The normalized spacial score (nSPS) is 9.45. The minimum Gasteiger partial charge on any atom is -0.508 e. The lowest BCUT2D eigenvalue weighted by atomic mass is 10.0. The molecule has 2 heteroatoms. The van der Waals surface area contributed by atoms with E-state index in [0.717, 1.165) is 5.57 Å². The molecule has 0 saturated heterocycles. The van der Waals surface area contributed by atoms with Crippen molar-refractivity contribution in [1.29, 1.82) is 0 Å². The molecule has 0 radical (unpaired) electrons. The largest absolute Gasteiger partial charge is 0.508 e. The number of phenolic OH excluding ortho intramolecular Hbond substituents is 2. The summed E-state index contributed by atoms with van der Waals surface area (Å²) in [7, 11) is 0. The number of rotatable bonds is 2. The van der Waals surface area contributed by atoms with Crippen molar-refractivity contribution in [3.8, 4) is 11.5 Å². The Bertz CT molecular complexity index is 660. The molecule has 0 aliphatic heterocycles. The van der Waals surface area contributed by atoms with Crippen LogP contribution < -0.4 is 0 Å². The summed E-state index contributed by atoms with van der Waals surface area (Å²) in [6.45, 7) is 4.10. The van der Waals surface area contributed by atoms with Gasteiger partial charge in [-0.1, -0.05) is 73.3 Å². The van der Waals surface area contributed by atoms with Gasteiger partial charge >= 0.3 is 0 Å². The van der Waals surface area contributed by atoms with E-state index in [1.54, 1.807) is 6.07 Å². The molecule has 110 valence electrons. The number of benzene rings is 3. The van der Waals surface area contributed by atoms with Crippen LogP contribution in [0.2, 0.25) is 0 Å². The minimum atomic E-state index is 0.0880. The molecule has 2 nitrogen and oxygen atoms in total.